The van der Waals surface area contributed by atoms with Crippen molar-refractivity contribution in [3.8, 4) is 0 Å². The van der Waals surface area contributed by atoms with Crippen LogP contribution in [-0.2, 0) is 9.47 Å². The average Bonchev–Trinajstić information content (AvgIpc) is 3.04. The highest BCUT2D eigenvalue weighted by Crippen LogP contribution is 2.44. The largest absolute Gasteiger partial charge is 0.376 e. The Labute approximate surface area is 263 Å². The smallest absolute Gasteiger partial charge is 0.0805 e. The molecule has 2 heteroatoms. The summed E-state index contributed by atoms with van der Waals surface area (Å²) in [7, 11) is 0. The van der Waals surface area contributed by atoms with E-state index < -0.39 is 0 Å². The van der Waals surface area contributed by atoms with E-state index in [2.05, 4.69) is 27.7 Å². The maximum absolute atomic E-state index is 6.32. The highest BCUT2D eigenvalue weighted by molar-refractivity contribution is 4.83. The number of rotatable bonds is 17. The standard InChI is InChI=1S/C40H74O2/c1-5-7-9-33-11-19-37(20-12-33)39-23-15-35(16-24-39)27-29-41-31(3)32(4)42-30-28-36-17-25-40(26-18-36)38-21-13-34(14-22-38)10-8-6-2/h31-40H,5-30H2,1-4H3. The van der Waals surface area contributed by atoms with E-state index in [1.807, 2.05) is 0 Å². The molecule has 2 nitrogen and oxygen atoms in total. The first-order valence-electron chi connectivity index (χ1n) is 19.8. The van der Waals surface area contributed by atoms with Crippen LogP contribution in [0.25, 0.3) is 0 Å². The molecule has 4 aliphatic rings. The van der Waals surface area contributed by atoms with Gasteiger partial charge in [-0.15, -0.1) is 0 Å². The van der Waals surface area contributed by atoms with Gasteiger partial charge in [0.05, 0.1) is 12.2 Å². The summed E-state index contributed by atoms with van der Waals surface area (Å²) in [6, 6.07) is 0. The second-order valence-electron chi connectivity index (χ2n) is 16.1. The fourth-order valence-corrected chi connectivity index (χ4v) is 9.89. The van der Waals surface area contributed by atoms with Crippen molar-refractivity contribution in [2.45, 2.75) is 194 Å². The molecule has 0 N–H and O–H groups in total. The summed E-state index contributed by atoms with van der Waals surface area (Å²) >= 11 is 0. The van der Waals surface area contributed by atoms with Crippen molar-refractivity contribution >= 4 is 0 Å². The van der Waals surface area contributed by atoms with Crippen molar-refractivity contribution in [3.05, 3.63) is 0 Å². The van der Waals surface area contributed by atoms with E-state index >= 15 is 0 Å². The molecule has 2 atom stereocenters. The molecule has 0 amide bonds. The highest BCUT2D eigenvalue weighted by Gasteiger charge is 2.32. The van der Waals surface area contributed by atoms with Crippen LogP contribution in [-0.4, -0.2) is 25.4 Å². The van der Waals surface area contributed by atoms with E-state index in [9.17, 15) is 0 Å². The fraction of sp³-hybridized carbons (Fsp3) is 1.00. The van der Waals surface area contributed by atoms with Crippen molar-refractivity contribution < 1.29 is 9.47 Å². The lowest BCUT2D eigenvalue weighted by atomic mass is 9.68. The van der Waals surface area contributed by atoms with Crippen LogP contribution in [0, 0.1) is 47.3 Å². The zero-order chi connectivity index (χ0) is 29.6. The molecule has 0 saturated heterocycles. The van der Waals surface area contributed by atoms with Crippen molar-refractivity contribution in [1.29, 1.82) is 0 Å². The topological polar surface area (TPSA) is 18.5 Å². The molecule has 246 valence electrons. The Hall–Kier alpha value is -0.0800. The van der Waals surface area contributed by atoms with Crippen molar-refractivity contribution in [2.75, 3.05) is 13.2 Å². The zero-order valence-corrected chi connectivity index (χ0v) is 29.0. The van der Waals surface area contributed by atoms with Crippen molar-refractivity contribution in [1.82, 2.24) is 0 Å². The summed E-state index contributed by atoms with van der Waals surface area (Å²) in [6.07, 6.45) is 35.6. The number of hydrogen-bond acceptors (Lipinski definition) is 2. The number of unbranched alkanes of at least 4 members (excludes halogenated alkanes) is 2. The van der Waals surface area contributed by atoms with Gasteiger partial charge in [-0.05, 0) is 125 Å². The normalized spacial score (nSPS) is 36.0. The Kier molecular flexibility index (Phi) is 16.1. The number of hydrogen-bond donors (Lipinski definition) is 0. The fourth-order valence-electron chi connectivity index (χ4n) is 9.89. The van der Waals surface area contributed by atoms with Crippen LogP contribution in [0.5, 0.6) is 0 Å². The molecule has 0 spiro atoms. The molecule has 42 heavy (non-hydrogen) atoms. The second-order valence-corrected chi connectivity index (χ2v) is 16.1. The lowest BCUT2D eigenvalue weighted by molar-refractivity contribution is -0.0635. The summed E-state index contributed by atoms with van der Waals surface area (Å²) in [5, 5.41) is 0. The summed E-state index contributed by atoms with van der Waals surface area (Å²) in [5.74, 6) is 8.07. The van der Waals surface area contributed by atoms with Crippen LogP contribution in [0.2, 0.25) is 0 Å². The predicted molar refractivity (Wildman–Crippen MR) is 181 cm³/mol. The molecule has 4 rings (SSSR count). The summed E-state index contributed by atoms with van der Waals surface area (Å²) < 4.78 is 12.6. The van der Waals surface area contributed by atoms with Gasteiger partial charge in [0.25, 0.3) is 0 Å². The SMILES string of the molecule is CCCCC1CCC(C2CCC(CCOC(C)C(C)OCCC3CCC(C4CCC(CCCC)CC4)CC3)CC2)CC1. The van der Waals surface area contributed by atoms with Gasteiger partial charge in [-0.25, -0.2) is 0 Å². The molecular weight excluding hydrogens is 512 g/mol. The first-order valence-corrected chi connectivity index (χ1v) is 19.8. The lowest BCUT2D eigenvalue weighted by Gasteiger charge is -2.38. The molecule has 0 aliphatic heterocycles. The van der Waals surface area contributed by atoms with E-state index in [1.165, 1.54) is 154 Å². The molecule has 0 bridgehead atoms. The van der Waals surface area contributed by atoms with Crippen LogP contribution >= 0.6 is 0 Å². The summed E-state index contributed by atoms with van der Waals surface area (Å²) in [4.78, 5) is 0. The number of ether oxygens (including phenoxy) is 2. The monoisotopic (exact) mass is 587 g/mol. The second kappa shape index (κ2) is 19.4. The van der Waals surface area contributed by atoms with Crippen LogP contribution < -0.4 is 0 Å². The molecule has 0 heterocycles. The van der Waals surface area contributed by atoms with Gasteiger partial charge in [0, 0.05) is 13.2 Å². The van der Waals surface area contributed by atoms with Crippen LogP contribution in [0.4, 0.5) is 0 Å². The molecule has 4 fully saturated rings. The van der Waals surface area contributed by atoms with Crippen molar-refractivity contribution in [2.24, 2.45) is 47.3 Å². The van der Waals surface area contributed by atoms with E-state index in [0.717, 1.165) is 60.6 Å². The molecular formula is C40H74O2. The van der Waals surface area contributed by atoms with Gasteiger partial charge in [0.2, 0.25) is 0 Å². The van der Waals surface area contributed by atoms with E-state index in [4.69, 9.17) is 9.47 Å². The first kappa shape index (κ1) is 34.8. The minimum atomic E-state index is 0.215. The molecule has 4 aliphatic carbocycles. The molecule has 0 aromatic carbocycles. The third-order valence-corrected chi connectivity index (χ3v) is 13.3. The summed E-state index contributed by atoms with van der Waals surface area (Å²) in [5.41, 5.74) is 0. The third-order valence-electron chi connectivity index (χ3n) is 13.3. The molecule has 0 aromatic heterocycles. The Morgan fingerprint density at radius 1 is 0.405 bits per heavy atom. The Morgan fingerprint density at radius 3 is 0.929 bits per heavy atom. The maximum Gasteiger partial charge on any atom is 0.0805 e. The van der Waals surface area contributed by atoms with Crippen LogP contribution in [0.15, 0.2) is 0 Å². The molecule has 0 aromatic rings. The Morgan fingerprint density at radius 2 is 0.667 bits per heavy atom. The van der Waals surface area contributed by atoms with Gasteiger partial charge in [-0.2, -0.15) is 0 Å². The van der Waals surface area contributed by atoms with E-state index in [-0.39, 0.29) is 12.2 Å². The molecule has 2 unspecified atom stereocenters. The molecule has 4 saturated carbocycles. The lowest BCUT2D eigenvalue weighted by Crippen LogP contribution is -2.29. The highest BCUT2D eigenvalue weighted by atomic mass is 16.5. The van der Waals surface area contributed by atoms with Crippen molar-refractivity contribution in [3.63, 3.8) is 0 Å². The maximum atomic E-state index is 6.32. The Bertz CT molecular complexity index is 601. The van der Waals surface area contributed by atoms with Crippen LogP contribution in [0.3, 0.4) is 0 Å². The van der Waals surface area contributed by atoms with Gasteiger partial charge < -0.3 is 9.47 Å². The quantitative estimate of drug-likeness (QED) is 0.169. The van der Waals surface area contributed by atoms with Gasteiger partial charge in [0.1, 0.15) is 0 Å². The van der Waals surface area contributed by atoms with Gasteiger partial charge in [-0.3, -0.25) is 0 Å². The third kappa shape index (κ3) is 11.7. The Balaban J connectivity index is 0.988. The zero-order valence-electron chi connectivity index (χ0n) is 29.0. The van der Waals surface area contributed by atoms with E-state index in [1.54, 1.807) is 0 Å². The van der Waals surface area contributed by atoms with E-state index in [0.29, 0.717) is 0 Å². The minimum absolute atomic E-state index is 0.215. The van der Waals surface area contributed by atoms with Gasteiger partial charge in [-0.1, -0.05) is 104 Å². The van der Waals surface area contributed by atoms with Gasteiger partial charge in [0.15, 0.2) is 0 Å². The molecule has 0 radical (unpaired) electrons. The minimum Gasteiger partial charge on any atom is -0.376 e. The summed E-state index contributed by atoms with van der Waals surface area (Å²) in [6.45, 7) is 11.0. The first-order chi connectivity index (χ1) is 20.6. The van der Waals surface area contributed by atoms with Gasteiger partial charge >= 0.3 is 0 Å². The average molecular weight is 587 g/mol. The predicted octanol–water partition coefficient (Wildman–Crippen LogP) is 12.2. The van der Waals surface area contributed by atoms with Crippen LogP contribution in [0.1, 0.15) is 182 Å².